The fourth-order valence-corrected chi connectivity index (χ4v) is 1.98. The first-order chi connectivity index (χ1) is 6.86. The van der Waals surface area contributed by atoms with E-state index in [0.29, 0.717) is 0 Å². The highest BCUT2D eigenvalue weighted by molar-refractivity contribution is 7.99. The van der Waals surface area contributed by atoms with Crippen LogP contribution in [-0.4, -0.2) is 21.9 Å². The van der Waals surface area contributed by atoms with Gasteiger partial charge in [-0.05, 0) is 11.8 Å². The third-order valence-electron chi connectivity index (χ3n) is 1.54. The molecule has 15 heavy (non-hydrogen) atoms. The number of aliphatic hydroxyl groups is 1. The van der Waals surface area contributed by atoms with Gasteiger partial charge < -0.3 is 5.11 Å². The Morgan fingerprint density at radius 2 is 2.07 bits per heavy atom. The van der Waals surface area contributed by atoms with E-state index in [1.807, 2.05) is 17.0 Å². The second kappa shape index (κ2) is 5.12. The third kappa shape index (κ3) is 5.33. The van der Waals surface area contributed by atoms with Crippen molar-refractivity contribution in [2.24, 2.45) is 0 Å². The maximum atomic E-state index is 9.22. The molecule has 0 saturated carbocycles. The number of nitrogens with one attached hydrogen (secondary N) is 1. The van der Waals surface area contributed by atoms with E-state index in [4.69, 9.17) is 18.6 Å². The highest BCUT2D eigenvalue weighted by Crippen LogP contribution is 2.16. The van der Waals surface area contributed by atoms with E-state index < -0.39 is 10.2 Å². The number of fused-ring (bicyclic) bond motifs is 1. The summed E-state index contributed by atoms with van der Waals surface area (Å²) < 4.78 is 36.0. The minimum absolute atomic E-state index is 0.182. The number of hydrogen-bond acceptors (Lipinski definition) is 6. The third-order valence-corrected chi connectivity index (χ3v) is 2.72. The average Bonchev–Trinajstić information content (AvgIpc) is 2.47. The normalized spacial score (nSPS) is 20.2. The molecule has 2 heterocycles. The SMILES string of the molecule is OC1CSc2[nH]cc[n+]2C1.[O-][Cl+3]([O-])([O-])[O-]. The van der Waals surface area contributed by atoms with Crippen LogP contribution in [0.25, 0.3) is 0 Å². The minimum Gasteiger partial charge on any atom is -0.388 e. The van der Waals surface area contributed by atoms with Crippen LogP contribution in [-0.2, 0) is 6.54 Å². The number of H-pyrrole nitrogens is 1. The van der Waals surface area contributed by atoms with Gasteiger partial charge in [0, 0.05) is 5.75 Å². The lowest BCUT2D eigenvalue weighted by Crippen LogP contribution is -2.68. The maximum Gasteiger partial charge on any atom is 0.315 e. The van der Waals surface area contributed by atoms with Crippen molar-refractivity contribution in [3.8, 4) is 0 Å². The Morgan fingerprint density at radius 1 is 1.47 bits per heavy atom. The molecule has 0 spiro atoms. The number of hydrogen-bond donors (Lipinski definition) is 2. The topological polar surface area (TPSA) is 132 Å². The molecular weight excluding hydrogens is 248 g/mol. The van der Waals surface area contributed by atoms with Crippen molar-refractivity contribution in [1.82, 2.24) is 4.98 Å². The smallest absolute Gasteiger partial charge is 0.315 e. The van der Waals surface area contributed by atoms with Crippen molar-refractivity contribution >= 4 is 11.8 Å². The van der Waals surface area contributed by atoms with Crippen molar-refractivity contribution in [2.75, 3.05) is 5.75 Å². The molecule has 1 aliphatic rings. The molecule has 1 unspecified atom stereocenters. The largest absolute Gasteiger partial charge is 0.388 e. The van der Waals surface area contributed by atoms with Gasteiger partial charge in [-0.3, -0.25) is 0 Å². The zero-order chi connectivity index (χ0) is 11.5. The van der Waals surface area contributed by atoms with E-state index in [9.17, 15) is 5.11 Å². The summed E-state index contributed by atoms with van der Waals surface area (Å²) >= 11 is 1.66. The Balaban J connectivity index is 0.000000195. The molecule has 0 saturated heterocycles. The van der Waals surface area contributed by atoms with E-state index >= 15 is 0 Å². The summed E-state index contributed by atoms with van der Waals surface area (Å²) in [7, 11) is -4.94. The molecule has 2 N–H and O–H groups in total. The average molecular weight is 257 g/mol. The van der Waals surface area contributed by atoms with Crippen molar-refractivity contribution in [2.45, 2.75) is 17.8 Å². The summed E-state index contributed by atoms with van der Waals surface area (Å²) in [5.41, 5.74) is 0. The quantitative estimate of drug-likeness (QED) is 0.447. The lowest BCUT2D eigenvalue weighted by atomic mass is 10.4. The second-order valence-corrected chi connectivity index (χ2v) is 4.53. The number of nitrogens with zero attached hydrogens (tertiary/aromatic N) is 1. The van der Waals surface area contributed by atoms with Crippen molar-refractivity contribution in [3.63, 3.8) is 0 Å². The molecule has 1 aromatic rings. The number of aromatic nitrogens is 2. The molecule has 86 valence electrons. The molecular formula is C6H9ClN2O5S. The van der Waals surface area contributed by atoms with Gasteiger partial charge in [-0.2, -0.15) is 0 Å². The molecule has 1 aliphatic heterocycles. The van der Waals surface area contributed by atoms with Gasteiger partial charge in [0.1, 0.15) is 25.0 Å². The predicted octanol–water partition coefficient (Wildman–Crippen LogP) is -4.99. The zero-order valence-corrected chi connectivity index (χ0v) is 9.03. The van der Waals surface area contributed by atoms with Crippen molar-refractivity contribution in [1.29, 1.82) is 0 Å². The molecule has 7 nitrogen and oxygen atoms in total. The van der Waals surface area contributed by atoms with Crippen LogP contribution in [0.5, 0.6) is 0 Å². The van der Waals surface area contributed by atoms with Crippen LogP contribution in [0.15, 0.2) is 17.6 Å². The van der Waals surface area contributed by atoms with Gasteiger partial charge in [-0.25, -0.2) is 28.2 Å². The van der Waals surface area contributed by atoms with Crippen molar-refractivity contribution < 1.29 is 38.6 Å². The summed E-state index contributed by atoms with van der Waals surface area (Å²) in [5.74, 6) is 0.806. The van der Waals surface area contributed by atoms with E-state index in [-0.39, 0.29) is 6.10 Å². The first kappa shape index (κ1) is 12.7. The molecule has 0 fully saturated rings. The number of imidazole rings is 1. The van der Waals surface area contributed by atoms with Crippen LogP contribution in [0.2, 0.25) is 0 Å². The summed E-state index contributed by atoms with van der Waals surface area (Å²) in [5, 5.41) is 10.4. The van der Waals surface area contributed by atoms with Crippen LogP contribution in [0, 0.1) is 10.2 Å². The van der Waals surface area contributed by atoms with Gasteiger partial charge in [0.05, 0.1) is 0 Å². The Morgan fingerprint density at radius 3 is 2.67 bits per heavy atom. The molecule has 9 heteroatoms. The Bertz CT molecular complexity index is 309. The van der Waals surface area contributed by atoms with E-state index in [1.165, 1.54) is 0 Å². The zero-order valence-electron chi connectivity index (χ0n) is 7.46. The van der Waals surface area contributed by atoms with Gasteiger partial charge in [0.2, 0.25) is 0 Å². The summed E-state index contributed by atoms with van der Waals surface area (Å²) in [6.07, 6.45) is 3.66. The first-order valence-electron chi connectivity index (χ1n) is 3.85. The number of thioether (sulfide) groups is 1. The number of halogens is 1. The minimum atomic E-state index is -4.94. The van der Waals surface area contributed by atoms with Crippen LogP contribution in [0.3, 0.4) is 0 Å². The molecule has 0 aromatic carbocycles. The molecule has 1 aromatic heterocycles. The Kier molecular flexibility index (Phi) is 4.34. The Hall–Kier alpha value is -0.350. The first-order valence-corrected chi connectivity index (χ1v) is 6.07. The van der Waals surface area contributed by atoms with Gasteiger partial charge in [-0.15, -0.1) is 10.2 Å². The lowest BCUT2D eigenvalue weighted by Gasteiger charge is -2.17. The number of aliphatic hydroxyl groups excluding tert-OH is 1. The fourth-order valence-electron chi connectivity index (χ4n) is 1.07. The van der Waals surface area contributed by atoms with Gasteiger partial charge in [-0.1, -0.05) is 0 Å². The monoisotopic (exact) mass is 256 g/mol. The summed E-state index contributed by atoms with van der Waals surface area (Å²) in [6.45, 7) is 0.728. The van der Waals surface area contributed by atoms with E-state index in [2.05, 4.69) is 4.98 Å². The fraction of sp³-hybridized carbons (Fsp3) is 0.500. The highest BCUT2D eigenvalue weighted by Gasteiger charge is 2.22. The molecule has 0 amide bonds. The standard InChI is InChI=1S/C6H8N2OS.ClHO4/c9-5-3-8-2-1-7-6(8)10-4-5;2-1(3,4)5/h1-2,5,9H,3-4H2;(H,2,3,4,5). The maximum absolute atomic E-state index is 9.22. The van der Waals surface area contributed by atoms with Crippen molar-refractivity contribution in [3.05, 3.63) is 12.4 Å². The number of rotatable bonds is 0. The van der Waals surface area contributed by atoms with Crippen LogP contribution in [0.1, 0.15) is 0 Å². The predicted molar refractivity (Wildman–Crippen MR) is 37.7 cm³/mol. The summed E-state index contributed by atoms with van der Waals surface area (Å²) in [6, 6.07) is 0. The van der Waals surface area contributed by atoms with Gasteiger partial charge in [0.25, 0.3) is 0 Å². The van der Waals surface area contributed by atoms with Crippen LogP contribution >= 0.6 is 11.8 Å². The lowest BCUT2D eigenvalue weighted by molar-refractivity contribution is -2.00. The molecule has 0 radical (unpaired) electrons. The molecule has 2 rings (SSSR count). The van der Waals surface area contributed by atoms with E-state index in [0.717, 1.165) is 17.5 Å². The number of aromatic amines is 1. The second-order valence-electron chi connectivity index (χ2n) is 2.76. The highest BCUT2D eigenvalue weighted by atomic mass is 35.7. The van der Waals surface area contributed by atoms with Crippen LogP contribution in [0.4, 0.5) is 0 Å². The van der Waals surface area contributed by atoms with Gasteiger partial charge in [0.15, 0.2) is 0 Å². The Labute approximate surface area is 91.7 Å². The molecule has 1 atom stereocenters. The van der Waals surface area contributed by atoms with Gasteiger partial charge >= 0.3 is 5.16 Å². The molecule has 0 aliphatic carbocycles. The molecule has 0 bridgehead atoms. The van der Waals surface area contributed by atoms with E-state index in [1.54, 1.807) is 11.8 Å². The van der Waals surface area contributed by atoms with Crippen LogP contribution < -0.4 is 23.2 Å². The summed E-state index contributed by atoms with van der Waals surface area (Å²) in [4.78, 5) is 3.09.